The Bertz CT molecular complexity index is 450. The van der Waals surface area contributed by atoms with Crippen LogP contribution in [-0.4, -0.2) is 0 Å². The summed E-state index contributed by atoms with van der Waals surface area (Å²) in [6.45, 7) is 0. The number of nitrogens with two attached hydrogens (primary N) is 1. The third kappa shape index (κ3) is 2.43. The van der Waals surface area contributed by atoms with Gasteiger partial charge in [0.1, 0.15) is 5.82 Å². The van der Waals surface area contributed by atoms with Gasteiger partial charge in [-0.25, -0.2) is 4.39 Å². The summed E-state index contributed by atoms with van der Waals surface area (Å²) < 4.78 is 13.6. The molecule has 0 amide bonds. The number of benzene rings is 1. The topological polar surface area (TPSA) is 26.0 Å². The summed E-state index contributed by atoms with van der Waals surface area (Å²) in [7, 11) is 0. The van der Waals surface area contributed by atoms with Gasteiger partial charge in [-0.2, -0.15) is 0 Å². The van der Waals surface area contributed by atoms with Gasteiger partial charge in [-0.15, -0.1) is 11.3 Å². The van der Waals surface area contributed by atoms with E-state index in [1.54, 1.807) is 23.5 Å². The van der Waals surface area contributed by atoms with E-state index >= 15 is 0 Å². The molecule has 0 saturated heterocycles. The fraction of sp³-hybridized carbons (Fsp3) is 0.167. The van der Waals surface area contributed by atoms with Crippen LogP contribution < -0.4 is 5.73 Å². The van der Waals surface area contributed by atoms with Crippen molar-refractivity contribution in [3.05, 3.63) is 57.0 Å². The molecule has 0 spiro atoms. The lowest BCUT2D eigenvalue weighted by Crippen LogP contribution is -2.15. The third-order valence-corrected chi connectivity index (χ3v) is 3.60. The van der Waals surface area contributed by atoms with Gasteiger partial charge in [0.15, 0.2) is 0 Å². The minimum atomic E-state index is -0.396. The zero-order chi connectivity index (χ0) is 11.5. The SMILES string of the molecule is NC(Cc1cccs1)c1c(F)cccc1Cl. The molecule has 16 heavy (non-hydrogen) atoms. The molecule has 0 fully saturated rings. The summed E-state index contributed by atoms with van der Waals surface area (Å²) in [5.41, 5.74) is 6.37. The fourth-order valence-corrected chi connectivity index (χ4v) is 2.68. The summed E-state index contributed by atoms with van der Waals surface area (Å²) in [5.74, 6) is -0.337. The van der Waals surface area contributed by atoms with Crippen molar-refractivity contribution in [2.24, 2.45) is 5.73 Å². The standard InChI is InChI=1S/C12H11ClFNS/c13-9-4-1-5-10(14)12(9)11(15)7-8-3-2-6-16-8/h1-6,11H,7,15H2. The zero-order valence-corrected chi connectivity index (χ0v) is 10.1. The molecule has 1 aromatic carbocycles. The molecule has 84 valence electrons. The lowest BCUT2D eigenvalue weighted by atomic mass is 10.0. The minimum Gasteiger partial charge on any atom is -0.324 e. The van der Waals surface area contributed by atoms with Gasteiger partial charge in [0.05, 0.1) is 0 Å². The second-order valence-electron chi connectivity index (χ2n) is 3.53. The number of rotatable bonds is 3. The van der Waals surface area contributed by atoms with E-state index in [-0.39, 0.29) is 5.82 Å². The van der Waals surface area contributed by atoms with Crippen LogP contribution in [0.1, 0.15) is 16.5 Å². The zero-order valence-electron chi connectivity index (χ0n) is 8.49. The molecular weight excluding hydrogens is 245 g/mol. The van der Waals surface area contributed by atoms with Gasteiger partial charge < -0.3 is 5.73 Å². The molecule has 0 aliphatic rings. The molecule has 2 N–H and O–H groups in total. The van der Waals surface area contributed by atoms with E-state index in [4.69, 9.17) is 17.3 Å². The van der Waals surface area contributed by atoms with Crippen molar-refractivity contribution < 1.29 is 4.39 Å². The lowest BCUT2D eigenvalue weighted by Gasteiger charge is -2.13. The van der Waals surface area contributed by atoms with Crippen LogP contribution in [-0.2, 0) is 6.42 Å². The van der Waals surface area contributed by atoms with E-state index in [2.05, 4.69) is 0 Å². The average molecular weight is 256 g/mol. The second kappa shape index (κ2) is 4.95. The summed E-state index contributed by atoms with van der Waals surface area (Å²) in [5, 5.41) is 2.37. The average Bonchev–Trinajstić information content (AvgIpc) is 2.70. The molecular formula is C12H11ClFNS. The monoisotopic (exact) mass is 255 g/mol. The Hall–Kier alpha value is -0.900. The number of hydrogen-bond acceptors (Lipinski definition) is 2. The van der Waals surface area contributed by atoms with Crippen molar-refractivity contribution in [3.63, 3.8) is 0 Å². The van der Waals surface area contributed by atoms with Gasteiger partial charge in [0.25, 0.3) is 0 Å². The van der Waals surface area contributed by atoms with Crippen molar-refractivity contribution in [1.82, 2.24) is 0 Å². The predicted octanol–water partition coefficient (Wildman–Crippen LogP) is 3.78. The Kier molecular flexibility index (Phi) is 3.59. The maximum Gasteiger partial charge on any atom is 0.129 e. The molecule has 0 aliphatic heterocycles. The highest BCUT2D eigenvalue weighted by atomic mass is 35.5. The largest absolute Gasteiger partial charge is 0.324 e. The molecule has 1 atom stereocenters. The molecule has 1 nitrogen and oxygen atoms in total. The van der Waals surface area contributed by atoms with E-state index in [1.807, 2.05) is 17.5 Å². The summed E-state index contributed by atoms with van der Waals surface area (Å²) >= 11 is 7.56. The Labute approximate surface area is 103 Å². The van der Waals surface area contributed by atoms with Crippen LogP contribution in [0.2, 0.25) is 5.02 Å². The minimum absolute atomic E-state index is 0.337. The van der Waals surface area contributed by atoms with Crippen molar-refractivity contribution in [1.29, 1.82) is 0 Å². The van der Waals surface area contributed by atoms with Gasteiger partial charge in [0, 0.05) is 27.9 Å². The maximum absolute atomic E-state index is 13.6. The number of thiophene rings is 1. The van der Waals surface area contributed by atoms with Gasteiger partial charge >= 0.3 is 0 Å². The highest BCUT2D eigenvalue weighted by Crippen LogP contribution is 2.27. The molecule has 1 aromatic heterocycles. The molecule has 2 rings (SSSR count). The van der Waals surface area contributed by atoms with Crippen molar-refractivity contribution >= 4 is 22.9 Å². The molecule has 2 aromatic rings. The van der Waals surface area contributed by atoms with Crippen LogP contribution in [0.25, 0.3) is 0 Å². The first-order valence-electron chi connectivity index (χ1n) is 4.90. The van der Waals surface area contributed by atoms with E-state index in [0.29, 0.717) is 17.0 Å². The molecule has 0 saturated carbocycles. The molecule has 4 heteroatoms. The Balaban J connectivity index is 2.24. The Morgan fingerprint density at radius 2 is 2.12 bits per heavy atom. The summed E-state index contributed by atoms with van der Waals surface area (Å²) in [6.07, 6.45) is 0.609. The molecule has 0 radical (unpaired) electrons. The molecule has 0 aliphatic carbocycles. The van der Waals surface area contributed by atoms with Crippen LogP contribution in [0, 0.1) is 5.82 Å². The quantitative estimate of drug-likeness (QED) is 0.887. The third-order valence-electron chi connectivity index (χ3n) is 2.37. The lowest BCUT2D eigenvalue weighted by molar-refractivity contribution is 0.582. The summed E-state index contributed by atoms with van der Waals surface area (Å²) in [6, 6.07) is 8.17. The van der Waals surface area contributed by atoms with E-state index < -0.39 is 6.04 Å². The summed E-state index contributed by atoms with van der Waals surface area (Å²) in [4.78, 5) is 1.13. The highest BCUT2D eigenvalue weighted by Gasteiger charge is 2.15. The van der Waals surface area contributed by atoms with Crippen molar-refractivity contribution in [3.8, 4) is 0 Å². The Morgan fingerprint density at radius 1 is 1.31 bits per heavy atom. The van der Waals surface area contributed by atoms with Crippen LogP contribution in [0.5, 0.6) is 0 Å². The van der Waals surface area contributed by atoms with Crippen LogP contribution in [0.4, 0.5) is 4.39 Å². The van der Waals surface area contributed by atoms with Crippen LogP contribution in [0.3, 0.4) is 0 Å². The van der Waals surface area contributed by atoms with Crippen molar-refractivity contribution in [2.45, 2.75) is 12.5 Å². The maximum atomic E-state index is 13.6. The van der Waals surface area contributed by atoms with Gasteiger partial charge in [0.2, 0.25) is 0 Å². The second-order valence-corrected chi connectivity index (χ2v) is 4.96. The molecule has 1 unspecified atom stereocenters. The smallest absolute Gasteiger partial charge is 0.129 e. The normalized spacial score (nSPS) is 12.7. The van der Waals surface area contributed by atoms with E-state index in [9.17, 15) is 4.39 Å². The number of halogens is 2. The van der Waals surface area contributed by atoms with Gasteiger partial charge in [-0.1, -0.05) is 23.7 Å². The highest BCUT2D eigenvalue weighted by molar-refractivity contribution is 7.09. The van der Waals surface area contributed by atoms with E-state index in [1.165, 1.54) is 6.07 Å². The molecule has 1 heterocycles. The fourth-order valence-electron chi connectivity index (χ4n) is 1.61. The first-order valence-corrected chi connectivity index (χ1v) is 6.16. The molecule has 0 bridgehead atoms. The Morgan fingerprint density at radius 3 is 2.75 bits per heavy atom. The van der Waals surface area contributed by atoms with Crippen LogP contribution in [0.15, 0.2) is 35.7 Å². The predicted molar refractivity (Wildman–Crippen MR) is 66.4 cm³/mol. The number of hydrogen-bond donors (Lipinski definition) is 1. The van der Waals surface area contributed by atoms with Crippen LogP contribution >= 0.6 is 22.9 Å². The van der Waals surface area contributed by atoms with Crippen molar-refractivity contribution in [2.75, 3.05) is 0 Å². The van der Waals surface area contributed by atoms with Gasteiger partial charge in [-0.3, -0.25) is 0 Å². The first-order chi connectivity index (χ1) is 7.68. The van der Waals surface area contributed by atoms with Gasteiger partial charge in [-0.05, 0) is 23.6 Å². The van der Waals surface area contributed by atoms with E-state index in [0.717, 1.165) is 4.88 Å². The first kappa shape index (κ1) is 11.6.